The van der Waals surface area contributed by atoms with Gasteiger partial charge in [0.15, 0.2) is 11.5 Å². The van der Waals surface area contributed by atoms with Gasteiger partial charge in [0.2, 0.25) is 17.6 Å². The number of benzene rings is 2. The Morgan fingerprint density at radius 2 is 2.03 bits per heavy atom. The summed E-state index contributed by atoms with van der Waals surface area (Å²) in [6, 6.07) is 13.1. The van der Waals surface area contributed by atoms with E-state index in [-0.39, 0.29) is 17.9 Å². The van der Waals surface area contributed by atoms with Gasteiger partial charge in [-0.15, -0.1) is 0 Å². The largest absolute Gasteiger partial charge is 0.488 e. The zero-order chi connectivity index (χ0) is 21.8. The maximum absolute atomic E-state index is 12.1. The van der Waals surface area contributed by atoms with Crippen LogP contribution in [-0.2, 0) is 17.6 Å². The number of ether oxygens (including phenoxy) is 2. The summed E-state index contributed by atoms with van der Waals surface area (Å²) in [5.41, 5.74) is 1.72. The molecular weight excluding hydrogens is 418 g/mol. The van der Waals surface area contributed by atoms with E-state index in [0.29, 0.717) is 42.1 Å². The van der Waals surface area contributed by atoms with Gasteiger partial charge >= 0.3 is 0 Å². The minimum atomic E-state index is -0.224. The zero-order valence-corrected chi connectivity index (χ0v) is 18.2. The highest BCUT2D eigenvalue weighted by Crippen LogP contribution is 2.41. The Kier molecular flexibility index (Phi) is 6.13. The first-order valence-electron chi connectivity index (χ1n) is 10.2. The molecule has 1 aliphatic heterocycles. The maximum Gasteiger partial charge on any atom is 0.227 e. The summed E-state index contributed by atoms with van der Waals surface area (Å²) >= 11 is 5.89. The normalized spacial score (nSPS) is 14.0. The van der Waals surface area contributed by atoms with Crippen LogP contribution in [0.4, 0.5) is 0 Å². The van der Waals surface area contributed by atoms with Crippen molar-refractivity contribution in [1.29, 1.82) is 0 Å². The van der Waals surface area contributed by atoms with Crippen LogP contribution in [0.15, 0.2) is 47.0 Å². The van der Waals surface area contributed by atoms with Gasteiger partial charge in [0.1, 0.15) is 12.2 Å². The molecule has 1 amide bonds. The topological polar surface area (TPSA) is 86.5 Å². The number of amides is 1. The third kappa shape index (κ3) is 5.35. The molecule has 0 unspecified atom stereocenters. The fraction of sp³-hybridized carbons (Fsp3) is 0.348. The van der Waals surface area contributed by atoms with Gasteiger partial charge < -0.3 is 19.3 Å². The Morgan fingerprint density at radius 3 is 2.84 bits per heavy atom. The van der Waals surface area contributed by atoms with Crippen LogP contribution in [-0.4, -0.2) is 34.8 Å². The van der Waals surface area contributed by atoms with Gasteiger partial charge in [-0.2, -0.15) is 4.98 Å². The summed E-state index contributed by atoms with van der Waals surface area (Å²) in [7, 11) is 0. The molecular formula is C23H24ClN3O4. The maximum atomic E-state index is 12.1. The summed E-state index contributed by atoms with van der Waals surface area (Å²) < 4.78 is 17.0. The van der Waals surface area contributed by atoms with Crippen LogP contribution < -0.4 is 14.8 Å². The number of carbonyl (C=O) groups is 1. The minimum Gasteiger partial charge on any atom is -0.488 e. The van der Waals surface area contributed by atoms with Crippen molar-refractivity contribution < 1.29 is 18.8 Å². The van der Waals surface area contributed by atoms with Crippen LogP contribution in [0.3, 0.4) is 0 Å². The van der Waals surface area contributed by atoms with E-state index in [0.717, 1.165) is 23.3 Å². The first-order chi connectivity index (χ1) is 14.9. The number of fused-ring (bicyclic) bond motifs is 1. The molecule has 1 aliphatic rings. The Labute approximate surface area is 185 Å². The molecule has 3 aromatic rings. The molecule has 4 rings (SSSR count). The molecule has 0 spiro atoms. The molecule has 8 heteroatoms. The SMILES string of the molecule is CC1(C)Cc2cccc(OCCNC(=O)CCc3nc(-c4ccc(Cl)cc4)no3)c2O1. The molecule has 2 aromatic carbocycles. The van der Waals surface area contributed by atoms with E-state index in [1.54, 1.807) is 12.1 Å². The number of halogens is 1. The van der Waals surface area contributed by atoms with E-state index < -0.39 is 0 Å². The highest BCUT2D eigenvalue weighted by atomic mass is 35.5. The van der Waals surface area contributed by atoms with Crippen LogP contribution in [0.2, 0.25) is 5.02 Å². The number of hydrogen-bond acceptors (Lipinski definition) is 6. The number of aryl methyl sites for hydroxylation is 1. The monoisotopic (exact) mass is 441 g/mol. The zero-order valence-electron chi connectivity index (χ0n) is 17.5. The quantitative estimate of drug-likeness (QED) is 0.526. The first-order valence-corrected chi connectivity index (χ1v) is 10.6. The van der Waals surface area contributed by atoms with Crippen molar-refractivity contribution in [2.45, 2.75) is 38.7 Å². The molecule has 0 saturated carbocycles. The molecule has 1 aromatic heterocycles. The third-order valence-corrected chi connectivity index (χ3v) is 5.13. The van der Waals surface area contributed by atoms with Gasteiger partial charge in [0.05, 0.1) is 6.54 Å². The molecule has 1 N–H and O–H groups in total. The fourth-order valence-electron chi connectivity index (χ4n) is 3.43. The van der Waals surface area contributed by atoms with E-state index in [1.807, 2.05) is 24.3 Å². The third-order valence-electron chi connectivity index (χ3n) is 4.87. The summed E-state index contributed by atoms with van der Waals surface area (Å²) in [6.07, 6.45) is 1.47. The molecule has 0 atom stereocenters. The van der Waals surface area contributed by atoms with Crippen molar-refractivity contribution in [3.05, 3.63) is 58.9 Å². The van der Waals surface area contributed by atoms with Gasteiger partial charge in [0, 0.05) is 35.4 Å². The summed E-state index contributed by atoms with van der Waals surface area (Å²) in [5.74, 6) is 2.28. The molecule has 0 aliphatic carbocycles. The molecule has 31 heavy (non-hydrogen) atoms. The molecule has 2 heterocycles. The molecule has 0 saturated heterocycles. The lowest BCUT2D eigenvalue weighted by Gasteiger charge is -2.18. The van der Waals surface area contributed by atoms with Crippen molar-refractivity contribution in [3.63, 3.8) is 0 Å². The smallest absolute Gasteiger partial charge is 0.227 e. The number of nitrogens with one attached hydrogen (secondary N) is 1. The van der Waals surface area contributed by atoms with Gasteiger partial charge in [0.25, 0.3) is 0 Å². The Bertz CT molecular complexity index is 1060. The van der Waals surface area contributed by atoms with Gasteiger partial charge in [-0.25, -0.2) is 0 Å². The van der Waals surface area contributed by atoms with Crippen molar-refractivity contribution in [3.8, 4) is 22.9 Å². The number of nitrogens with zero attached hydrogens (tertiary/aromatic N) is 2. The van der Waals surface area contributed by atoms with Gasteiger partial charge in [-0.1, -0.05) is 28.9 Å². The second kappa shape index (κ2) is 8.98. The second-order valence-corrected chi connectivity index (χ2v) is 8.44. The Hall–Kier alpha value is -3.06. The highest BCUT2D eigenvalue weighted by molar-refractivity contribution is 6.30. The van der Waals surface area contributed by atoms with Crippen molar-refractivity contribution in [2.75, 3.05) is 13.2 Å². The summed E-state index contributed by atoms with van der Waals surface area (Å²) in [4.78, 5) is 16.4. The van der Waals surface area contributed by atoms with Crippen LogP contribution in [0.25, 0.3) is 11.4 Å². The standard InChI is InChI=1S/C23H24ClN3O4/c1-23(2)14-16-4-3-5-18(21(16)30-23)29-13-12-25-19(28)10-11-20-26-22(27-31-20)15-6-8-17(24)9-7-15/h3-9H,10-14H2,1-2H3,(H,25,28). The Morgan fingerprint density at radius 1 is 1.23 bits per heavy atom. The van der Waals surface area contributed by atoms with Gasteiger partial charge in [-0.05, 0) is 44.2 Å². The minimum absolute atomic E-state index is 0.106. The van der Waals surface area contributed by atoms with E-state index >= 15 is 0 Å². The predicted molar refractivity (Wildman–Crippen MR) is 116 cm³/mol. The van der Waals surface area contributed by atoms with E-state index in [2.05, 4.69) is 35.4 Å². The first kappa shape index (κ1) is 21.2. The van der Waals surface area contributed by atoms with Crippen LogP contribution in [0, 0.1) is 0 Å². The summed E-state index contributed by atoms with van der Waals surface area (Å²) in [6.45, 7) is 4.86. The van der Waals surface area contributed by atoms with Crippen molar-refractivity contribution >= 4 is 17.5 Å². The van der Waals surface area contributed by atoms with Crippen LogP contribution >= 0.6 is 11.6 Å². The number of aromatic nitrogens is 2. The lowest BCUT2D eigenvalue weighted by atomic mass is 10.0. The number of hydrogen-bond donors (Lipinski definition) is 1. The second-order valence-electron chi connectivity index (χ2n) is 8.00. The molecule has 0 bridgehead atoms. The van der Waals surface area contributed by atoms with Crippen LogP contribution in [0.1, 0.15) is 31.7 Å². The lowest BCUT2D eigenvalue weighted by Crippen LogP contribution is -2.28. The fourth-order valence-corrected chi connectivity index (χ4v) is 3.56. The molecule has 162 valence electrons. The molecule has 0 fully saturated rings. The summed E-state index contributed by atoms with van der Waals surface area (Å²) in [5, 5.41) is 7.43. The average Bonchev–Trinajstić information content (AvgIpc) is 3.33. The van der Waals surface area contributed by atoms with E-state index in [1.165, 1.54) is 0 Å². The highest BCUT2D eigenvalue weighted by Gasteiger charge is 2.32. The van der Waals surface area contributed by atoms with Crippen LogP contribution in [0.5, 0.6) is 11.5 Å². The lowest BCUT2D eigenvalue weighted by molar-refractivity contribution is -0.121. The van der Waals surface area contributed by atoms with Gasteiger partial charge in [-0.3, -0.25) is 4.79 Å². The predicted octanol–water partition coefficient (Wildman–Crippen LogP) is 4.23. The van der Waals surface area contributed by atoms with Crippen molar-refractivity contribution in [1.82, 2.24) is 15.5 Å². The number of carbonyl (C=O) groups excluding carboxylic acids is 1. The average molecular weight is 442 g/mol. The Balaban J connectivity index is 1.20. The van der Waals surface area contributed by atoms with Crippen molar-refractivity contribution in [2.24, 2.45) is 0 Å². The van der Waals surface area contributed by atoms with E-state index in [4.69, 9.17) is 25.6 Å². The van der Waals surface area contributed by atoms with E-state index in [9.17, 15) is 4.79 Å². The molecule has 0 radical (unpaired) electrons. The number of para-hydroxylation sites is 1. The molecule has 7 nitrogen and oxygen atoms in total. The number of rotatable bonds is 8.